The summed E-state index contributed by atoms with van der Waals surface area (Å²) in [5.41, 5.74) is 1.31. The molecule has 0 amide bonds. The Kier molecular flexibility index (Phi) is 4.71. The summed E-state index contributed by atoms with van der Waals surface area (Å²) in [4.78, 5) is 21.7. The van der Waals surface area contributed by atoms with Gasteiger partial charge in [-0.05, 0) is 25.5 Å². The number of thiophene rings is 1. The second kappa shape index (κ2) is 6.92. The van der Waals surface area contributed by atoms with Crippen molar-refractivity contribution in [2.24, 2.45) is 0 Å². The molecule has 0 bridgehead atoms. The fourth-order valence-electron chi connectivity index (χ4n) is 2.42. The molecule has 0 aliphatic heterocycles. The fourth-order valence-corrected chi connectivity index (χ4v) is 3.46. The van der Waals surface area contributed by atoms with E-state index in [2.05, 4.69) is 15.3 Å². The first-order chi connectivity index (χ1) is 11.6. The SMILES string of the molecule is CCOC(=O)c1sc2ncnc(NCc3ccccc3F)c2c1C. The minimum absolute atomic E-state index is 0.274. The van der Waals surface area contributed by atoms with Gasteiger partial charge in [0, 0.05) is 12.1 Å². The number of benzene rings is 1. The smallest absolute Gasteiger partial charge is 0.348 e. The van der Waals surface area contributed by atoms with Gasteiger partial charge in [0.1, 0.15) is 27.7 Å². The van der Waals surface area contributed by atoms with Crippen LogP contribution in [0.5, 0.6) is 0 Å². The lowest BCUT2D eigenvalue weighted by atomic mass is 10.2. The molecule has 3 rings (SSSR count). The molecular formula is C17H16FN3O2S. The Labute approximate surface area is 142 Å². The topological polar surface area (TPSA) is 64.1 Å². The van der Waals surface area contributed by atoms with Crippen LogP contribution in [-0.2, 0) is 11.3 Å². The lowest BCUT2D eigenvalue weighted by molar-refractivity contribution is 0.0531. The second-order valence-corrected chi connectivity index (χ2v) is 6.12. The van der Waals surface area contributed by atoms with Crippen LogP contribution < -0.4 is 5.32 Å². The average molecular weight is 345 g/mol. The maximum atomic E-state index is 13.7. The van der Waals surface area contributed by atoms with Gasteiger partial charge >= 0.3 is 5.97 Å². The summed E-state index contributed by atoms with van der Waals surface area (Å²) in [7, 11) is 0. The number of carbonyl (C=O) groups is 1. The molecule has 0 unspecified atom stereocenters. The lowest BCUT2D eigenvalue weighted by Gasteiger charge is -2.08. The summed E-state index contributed by atoms with van der Waals surface area (Å²) in [6.07, 6.45) is 1.43. The van der Waals surface area contributed by atoms with Crippen molar-refractivity contribution in [2.75, 3.05) is 11.9 Å². The highest BCUT2D eigenvalue weighted by Gasteiger charge is 2.20. The van der Waals surface area contributed by atoms with E-state index in [1.54, 1.807) is 25.1 Å². The number of aromatic nitrogens is 2. The van der Waals surface area contributed by atoms with Crippen LogP contribution >= 0.6 is 11.3 Å². The highest BCUT2D eigenvalue weighted by molar-refractivity contribution is 7.20. The summed E-state index contributed by atoms with van der Waals surface area (Å²) in [5, 5.41) is 3.90. The number of carbonyl (C=O) groups excluding carboxylic acids is 1. The van der Waals surface area contributed by atoms with Gasteiger partial charge in [-0.2, -0.15) is 0 Å². The molecule has 2 heterocycles. The minimum Gasteiger partial charge on any atom is -0.462 e. The molecule has 5 nitrogen and oxygen atoms in total. The number of rotatable bonds is 5. The number of aryl methyl sites for hydroxylation is 1. The molecule has 2 aromatic heterocycles. The van der Waals surface area contributed by atoms with E-state index in [1.165, 1.54) is 23.7 Å². The first-order valence-electron chi connectivity index (χ1n) is 7.50. The van der Waals surface area contributed by atoms with Crippen molar-refractivity contribution >= 4 is 33.3 Å². The van der Waals surface area contributed by atoms with E-state index in [4.69, 9.17) is 4.74 Å². The Morgan fingerprint density at radius 2 is 2.12 bits per heavy atom. The molecule has 0 aliphatic carbocycles. The second-order valence-electron chi connectivity index (χ2n) is 5.12. The normalized spacial score (nSPS) is 10.8. The van der Waals surface area contributed by atoms with Gasteiger partial charge in [-0.25, -0.2) is 19.2 Å². The highest BCUT2D eigenvalue weighted by Crippen LogP contribution is 2.33. The maximum absolute atomic E-state index is 13.7. The van der Waals surface area contributed by atoms with Crippen LogP contribution in [-0.4, -0.2) is 22.5 Å². The number of esters is 1. The molecule has 0 saturated carbocycles. The highest BCUT2D eigenvalue weighted by atomic mass is 32.1. The van der Waals surface area contributed by atoms with E-state index >= 15 is 0 Å². The van der Waals surface area contributed by atoms with Gasteiger partial charge in [-0.15, -0.1) is 11.3 Å². The molecule has 7 heteroatoms. The Hall–Kier alpha value is -2.54. The summed E-state index contributed by atoms with van der Waals surface area (Å²) < 4.78 is 18.8. The number of nitrogens with zero attached hydrogens (tertiary/aromatic N) is 2. The van der Waals surface area contributed by atoms with Crippen molar-refractivity contribution < 1.29 is 13.9 Å². The van der Waals surface area contributed by atoms with Crippen LogP contribution in [0, 0.1) is 12.7 Å². The van der Waals surface area contributed by atoms with E-state index in [9.17, 15) is 9.18 Å². The number of nitrogens with one attached hydrogen (secondary N) is 1. The summed E-state index contributed by atoms with van der Waals surface area (Å²) in [6, 6.07) is 6.56. The van der Waals surface area contributed by atoms with E-state index in [0.29, 0.717) is 34.2 Å². The van der Waals surface area contributed by atoms with E-state index in [0.717, 1.165) is 10.9 Å². The van der Waals surface area contributed by atoms with Crippen LogP contribution in [0.2, 0.25) is 0 Å². The van der Waals surface area contributed by atoms with Gasteiger partial charge in [0.2, 0.25) is 0 Å². The molecule has 0 saturated heterocycles. The standard InChI is InChI=1S/C17H16FN3O2S/c1-3-23-17(22)14-10(2)13-15(20-9-21-16(13)24-14)19-8-11-6-4-5-7-12(11)18/h4-7,9H,3,8H2,1-2H3,(H,19,20,21). The molecule has 0 aliphatic rings. The minimum atomic E-state index is -0.363. The van der Waals surface area contributed by atoms with Gasteiger partial charge in [-0.1, -0.05) is 18.2 Å². The molecule has 0 fully saturated rings. The first-order valence-corrected chi connectivity index (χ1v) is 8.32. The zero-order valence-electron chi connectivity index (χ0n) is 13.3. The summed E-state index contributed by atoms with van der Waals surface area (Å²) in [6.45, 7) is 4.21. The lowest BCUT2D eigenvalue weighted by Crippen LogP contribution is -2.05. The molecule has 1 N–H and O–H groups in total. The van der Waals surface area contributed by atoms with Gasteiger partial charge in [-0.3, -0.25) is 0 Å². The Bertz CT molecular complexity index is 895. The van der Waals surface area contributed by atoms with Crippen molar-refractivity contribution in [2.45, 2.75) is 20.4 Å². The van der Waals surface area contributed by atoms with Crippen LogP contribution in [0.3, 0.4) is 0 Å². The van der Waals surface area contributed by atoms with Crippen LogP contribution in [0.4, 0.5) is 10.2 Å². The number of anilines is 1. The molecule has 3 aromatic rings. The molecule has 0 atom stereocenters. The number of ether oxygens (including phenoxy) is 1. The number of hydrogen-bond donors (Lipinski definition) is 1. The van der Waals surface area contributed by atoms with Gasteiger partial charge in [0.25, 0.3) is 0 Å². The number of halogens is 1. The van der Waals surface area contributed by atoms with Crippen LogP contribution in [0.1, 0.15) is 27.7 Å². The van der Waals surface area contributed by atoms with Gasteiger partial charge in [0.05, 0.1) is 12.0 Å². The van der Waals surface area contributed by atoms with Crippen LogP contribution in [0.15, 0.2) is 30.6 Å². The quantitative estimate of drug-likeness (QED) is 0.710. The third kappa shape index (κ3) is 3.07. The van der Waals surface area contributed by atoms with Crippen molar-refractivity contribution in [1.29, 1.82) is 0 Å². The van der Waals surface area contributed by atoms with Gasteiger partial charge < -0.3 is 10.1 Å². The molecular weight excluding hydrogens is 329 g/mol. The Morgan fingerprint density at radius 3 is 2.88 bits per heavy atom. The third-order valence-corrected chi connectivity index (χ3v) is 4.77. The molecule has 1 aromatic carbocycles. The number of hydrogen-bond acceptors (Lipinski definition) is 6. The molecule has 0 spiro atoms. The van der Waals surface area contributed by atoms with Crippen molar-refractivity contribution in [3.63, 3.8) is 0 Å². The van der Waals surface area contributed by atoms with Crippen molar-refractivity contribution in [1.82, 2.24) is 9.97 Å². The van der Waals surface area contributed by atoms with E-state index in [1.807, 2.05) is 6.92 Å². The largest absolute Gasteiger partial charge is 0.462 e. The summed E-state index contributed by atoms with van der Waals surface area (Å²) >= 11 is 1.27. The zero-order valence-corrected chi connectivity index (χ0v) is 14.1. The van der Waals surface area contributed by atoms with Crippen molar-refractivity contribution in [3.05, 3.63) is 52.4 Å². The zero-order chi connectivity index (χ0) is 17.1. The Balaban J connectivity index is 1.94. The summed E-state index contributed by atoms with van der Waals surface area (Å²) in [5.74, 6) is -0.0600. The average Bonchev–Trinajstić information content (AvgIpc) is 2.92. The monoisotopic (exact) mass is 345 g/mol. The number of fused-ring (bicyclic) bond motifs is 1. The molecule has 124 valence electrons. The predicted octanol–water partition coefficient (Wildman–Crippen LogP) is 3.93. The third-order valence-electron chi connectivity index (χ3n) is 3.59. The first kappa shape index (κ1) is 16.3. The van der Waals surface area contributed by atoms with E-state index in [-0.39, 0.29) is 11.8 Å². The Morgan fingerprint density at radius 1 is 1.33 bits per heavy atom. The molecule has 0 radical (unpaired) electrons. The fraction of sp³-hybridized carbons (Fsp3) is 0.235. The van der Waals surface area contributed by atoms with Crippen LogP contribution in [0.25, 0.3) is 10.2 Å². The molecule has 24 heavy (non-hydrogen) atoms. The maximum Gasteiger partial charge on any atom is 0.348 e. The van der Waals surface area contributed by atoms with Gasteiger partial charge in [0.15, 0.2) is 0 Å². The predicted molar refractivity (Wildman–Crippen MR) is 91.8 cm³/mol. The van der Waals surface area contributed by atoms with Crippen molar-refractivity contribution in [3.8, 4) is 0 Å². The van der Waals surface area contributed by atoms with E-state index < -0.39 is 0 Å².